The Hall–Kier alpha value is -1.95. The molecule has 1 N–H and O–H groups in total. The van der Waals surface area contributed by atoms with E-state index in [1.807, 2.05) is 12.2 Å². The summed E-state index contributed by atoms with van der Waals surface area (Å²) >= 11 is 1.38. The molecular weight excluding hydrogens is 262 g/mol. The van der Waals surface area contributed by atoms with Crippen molar-refractivity contribution in [3.05, 3.63) is 33.8 Å². The number of aromatic nitrogens is 3. The summed E-state index contributed by atoms with van der Waals surface area (Å²) in [7, 11) is 0. The molecule has 0 saturated heterocycles. The second-order valence-corrected chi connectivity index (χ2v) is 5.34. The highest BCUT2D eigenvalue weighted by Gasteiger charge is 2.12. The predicted molar refractivity (Wildman–Crippen MR) is 75.3 cm³/mol. The van der Waals surface area contributed by atoms with E-state index in [0.29, 0.717) is 9.88 Å². The molecule has 6 heteroatoms. The summed E-state index contributed by atoms with van der Waals surface area (Å²) in [6, 6.07) is 0. The third-order valence-corrected chi connectivity index (χ3v) is 3.56. The van der Waals surface area contributed by atoms with Crippen LogP contribution in [0, 0.1) is 6.92 Å². The molecule has 0 amide bonds. The molecule has 5 nitrogen and oxygen atoms in total. The molecule has 0 saturated carbocycles. The number of carboxylic acid groups (broad SMARTS) is 1. The van der Waals surface area contributed by atoms with E-state index < -0.39 is 5.97 Å². The fraction of sp³-hybridized carbons (Fsp3) is 0.308. The molecule has 0 bridgehead atoms. The van der Waals surface area contributed by atoms with Gasteiger partial charge < -0.3 is 9.67 Å². The van der Waals surface area contributed by atoms with Crippen molar-refractivity contribution in [2.24, 2.45) is 0 Å². The van der Waals surface area contributed by atoms with Crippen molar-refractivity contribution in [3.8, 4) is 0 Å². The van der Waals surface area contributed by atoms with Crippen molar-refractivity contribution < 1.29 is 9.90 Å². The summed E-state index contributed by atoms with van der Waals surface area (Å²) in [5.41, 5.74) is 1.12. The molecule has 100 valence electrons. The number of nitrogens with zero attached hydrogens (tertiary/aromatic N) is 3. The van der Waals surface area contributed by atoms with Crippen LogP contribution in [0.1, 0.15) is 39.4 Å². The molecule has 0 fully saturated rings. The maximum Gasteiger partial charge on any atom is 0.355 e. The molecule has 0 atom stereocenters. The van der Waals surface area contributed by atoms with Gasteiger partial charge in [0.2, 0.25) is 0 Å². The maximum atomic E-state index is 10.9. The molecule has 0 spiro atoms. The van der Waals surface area contributed by atoms with E-state index in [0.717, 1.165) is 18.7 Å². The van der Waals surface area contributed by atoms with Crippen molar-refractivity contribution in [2.45, 2.75) is 26.8 Å². The molecule has 2 rings (SSSR count). The van der Waals surface area contributed by atoms with Crippen LogP contribution in [0.25, 0.3) is 12.2 Å². The van der Waals surface area contributed by atoms with Crippen molar-refractivity contribution >= 4 is 29.5 Å². The molecule has 19 heavy (non-hydrogen) atoms. The zero-order valence-electron chi connectivity index (χ0n) is 10.8. The van der Waals surface area contributed by atoms with Crippen LogP contribution in [0.15, 0.2) is 12.5 Å². The van der Waals surface area contributed by atoms with Crippen molar-refractivity contribution in [2.75, 3.05) is 0 Å². The lowest BCUT2D eigenvalue weighted by molar-refractivity contribution is 0.0690. The molecule has 0 aliphatic carbocycles. The van der Waals surface area contributed by atoms with Crippen LogP contribution in [0.5, 0.6) is 0 Å². The van der Waals surface area contributed by atoms with Crippen LogP contribution in [-0.4, -0.2) is 25.6 Å². The van der Waals surface area contributed by atoms with Gasteiger partial charge in [-0.1, -0.05) is 6.92 Å². The Bertz CT molecular complexity index is 613. The molecule has 0 aliphatic rings. The van der Waals surface area contributed by atoms with Gasteiger partial charge in [0.05, 0.1) is 18.2 Å². The molecule has 0 aliphatic heterocycles. The largest absolute Gasteiger partial charge is 0.476 e. The standard InChI is InChI=1S/C13H15N3O2S/c1-3-6-16-8-14-7-10(16)4-5-11-15-12(13(17)18)9(2)19-11/h4-5,7-8H,3,6H2,1-2H3,(H,17,18)/b5-4+. The highest BCUT2D eigenvalue weighted by Crippen LogP contribution is 2.19. The minimum atomic E-state index is -0.982. The van der Waals surface area contributed by atoms with Gasteiger partial charge >= 0.3 is 5.97 Å². The van der Waals surface area contributed by atoms with E-state index in [1.165, 1.54) is 11.3 Å². The number of imidazole rings is 1. The Morgan fingerprint density at radius 2 is 2.32 bits per heavy atom. The third-order valence-electron chi connectivity index (χ3n) is 2.62. The minimum absolute atomic E-state index is 0.131. The number of carbonyl (C=O) groups is 1. The fourth-order valence-corrected chi connectivity index (χ4v) is 2.56. The summed E-state index contributed by atoms with van der Waals surface area (Å²) in [6.07, 6.45) is 8.35. The topological polar surface area (TPSA) is 68.0 Å². The fourth-order valence-electron chi connectivity index (χ4n) is 1.74. The Balaban J connectivity index is 2.20. The first kappa shape index (κ1) is 13.5. The highest BCUT2D eigenvalue weighted by molar-refractivity contribution is 7.12. The Labute approximate surface area is 115 Å². The van der Waals surface area contributed by atoms with Gasteiger partial charge in [-0.25, -0.2) is 14.8 Å². The Kier molecular flexibility index (Phi) is 4.11. The highest BCUT2D eigenvalue weighted by atomic mass is 32.1. The summed E-state index contributed by atoms with van der Waals surface area (Å²) in [4.78, 5) is 19.8. The van der Waals surface area contributed by atoms with Crippen molar-refractivity contribution in [3.63, 3.8) is 0 Å². The number of hydrogen-bond donors (Lipinski definition) is 1. The monoisotopic (exact) mass is 277 g/mol. The molecule has 2 aromatic heterocycles. The lowest BCUT2D eigenvalue weighted by Crippen LogP contribution is -1.98. The lowest BCUT2D eigenvalue weighted by Gasteiger charge is -2.01. The second-order valence-electron chi connectivity index (χ2n) is 4.11. The Morgan fingerprint density at radius 3 is 2.95 bits per heavy atom. The zero-order valence-corrected chi connectivity index (χ0v) is 11.6. The number of aromatic carboxylic acids is 1. The van der Waals surface area contributed by atoms with Crippen LogP contribution in [0.3, 0.4) is 0 Å². The van der Waals surface area contributed by atoms with Crippen LogP contribution in [0.4, 0.5) is 0 Å². The van der Waals surface area contributed by atoms with Crippen molar-refractivity contribution in [1.29, 1.82) is 0 Å². The van der Waals surface area contributed by atoms with E-state index in [2.05, 4.69) is 21.5 Å². The Morgan fingerprint density at radius 1 is 1.53 bits per heavy atom. The smallest absolute Gasteiger partial charge is 0.355 e. The van der Waals surface area contributed by atoms with Gasteiger partial charge in [0.25, 0.3) is 0 Å². The first-order valence-electron chi connectivity index (χ1n) is 6.00. The van der Waals surface area contributed by atoms with Gasteiger partial charge in [0.15, 0.2) is 5.69 Å². The zero-order chi connectivity index (χ0) is 13.8. The normalized spacial score (nSPS) is 11.3. The summed E-state index contributed by atoms with van der Waals surface area (Å²) in [6.45, 7) is 4.79. The molecule has 2 heterocycles. The number of aryl methyl sites for hydroxylation is 2. The first-order chi connectivity index (χ1) is 9.11. The molecule has 0 radical (unpaired) electrons. The SMILES string of the molecule is CCCn1cncc1/C=C/c1nc(C(=O)O)c(C)s1. The van der Waals surface area contributed by atoms with E-state index >= 15 is 0 Å². The number of carboxylic acids is 1. The minimum Gasteiger partial charge on any atom is -0.476 e. The average Bonchev–Trinajstić information content (AvgIpc) is 2.94. The molecule has 0 unspecified atom stereocenters. The van der Waals surface area contributed by atoms with Crippen LogP contribution < -0.4 is 0 Å². The van der Waals surface area contributed by atoms with Gasteiger partial charge in [-0.15, -0.1) is 11.3 Å². The van der Waals surface area contributed by atoms with Gasteiger partial charge in [-0.3, -0.25) is 0 Å². The predicted octanol–water partition coefficient (Wildman–Crippen LogP) is 2.93. The summed E-state index contributed by atoms with van der Waals surface area (Å²) < 4.78 is 2.05. The number of thiazole rings is 1. The second kappa shape index (κ2) is 5.79. The number of rotatable bonds is 5. The molecule has 0 aromatic carbocycles. The quantitative estimate of drug-likeness (QED) is 0.912. The van der Waals surface area contributed by atoms with Gasteiger partial charge in [0.1, 0.15) is 5.01 Å². The average molecular weight is 277 g/mol. The van der Waals surface area contributed by atoms with Crippen LogP contribution in [0.2, 0.25) is 0 Å². The maximum absolute atomic E-state index is 10.9. The van der Waals surface area contributed by atoms with E-state index in [9.17, 15) is 4.79 Å². The van der Waals surface area contributed by atoms with Crippen molar-refractivity contribution in [1.82, 2.24) is 14.5 Å². The third kappa shape index (κ3) is 3.08. The lowest BCUT2D eigenvalue weighted by atomic mass is 10.3. The van der Waals surface area contributed by atoms with Crippen LogP contribution >= 0.6 is 11.3 Å². The van der Waals surface area contributed by atoms with E-state index in [-0.39, 0.29) is 5.69 Å². The number of hydrogen-bond acceptors (Lipinski definition) is 4. The van der Waals surface area contributed by atoms with Gasteiger partial charge in [0, 0.05) is 11.4 Å². The molecule has 2 aromatic rings. The first-order valence-corrected chi connectivity index (χ1v) is 6.82. The summed E-state index contributed by atoms with van der Waals surface area (Å²) in [5.74, 6) is -0.982. The van der Waals surface area contributed by atoms with Gasteiger partial charge in [-0.2, -0.15) is 0 Å². The molecular formula is C13H15N3O2S. The van der Waals surface area contributed by atoms with Crippen LogP contribution in [-0.2, 0) is 6.54 Å². The van der Waals surface area contributed by atoms with Gasteiger partial charge in [-0.05, 0) is 25.5 Å². The van der Waals surface area contributed by atoms with E-state index in [1.54, 1.807) is 19.4 Å². The summed E-state index contributed by atoms with van der Waals surface area (Å²) in [5, 5.41) is 9.64. The van der Waals surface area contributed by atoms with E-state index in [4.69, 9.17) is 5.11 Å².